The first-order chi connectivity index (χ1) is 13.0. The number of aromatic nitrogens is 2. The zero-order valence-corrected chi connectivity index (χ0v) is 16.3. The van der Waals surface area contributed by atoms with Gasteiger partial charge in [-0.2, -0.15) is 4.98 Å². The van der Waals surface area contributed by atoms with E-state index < -0.39 is 0 Å². The lowest BCUT2D eigenvalue weighted by Gasteiger charge is -2.12. The molecule has 1 N–H and O–H groups in total. The van der Waals surface area contributed by atoms with Crippen molar-refractivity contribution in [3.05, 3.63) is 29.9 Å². The molecule has 1 amide bonds. The smallest absolute Gasteiger partial charge is 0.226 e. The van der Waals surface area contributed by atoms with E-state index in [1.165, 1.54) is 0 Å². The summed E-state index contributed by atoms with van der Waals surface area (Å²) in [4.78, 5) is 16.5. The molecule has 8 nitrogen and oxygen atoms in total. The van der Waals surface area contributed by atoms with Gasteiger partial charge in [-0.1, -0.05) is 19.0 Å². The molecule has 8 heteroatoms. The van der Waals surface area contributed by atoms with Gasteiger partial charge < -0.3 is 24.1 Å². The van der Waals surface area contributed by atoms with E-state index in [4.69, 9.17) is 18.7 Å². The molecule has 0 saturated carbocycles. The van der Waals surface area contributed by atoms with E-state index in [0.29, 0.717) is 61.4 Å². The number of benzene rings is 1. The van der Waals surface area contributed by atoms with Crippen LogP contribution in [0, 0.1) is 0 Å². The fourth-order valence-corrected chi connectivity index (χ4v) is 2.33. The molecule has 1 aromatic carbocycles. The predicted octanol–water partition coefficient (Wildman–Crippen LogP) is 3.19. The van der Waals surface area contributed by atoms with E-state index in [9.17, 15) is 4.79 Å². The van der Waals surface area contributed by atoms with E-state index in [-0.39, 0.29) is 11.8 Å². The zero-order chi connectivity index (χ0) is 19.6. The molecule has 0 saturated heterocycles. The number of rotatable bonds is 11. The fraction of sp³-hybridized carbons (Fsp3) is 0.526. The minimum Gasteiger partial charge on any atom is -0.493 e. The van der Waals surface area contributed by atoms with Crippen molar-refractivity contribution in [2.45, 2.75) is 39.0 Å². The van der Waals surface area contributed by atoms with Crippen LogP contribution in [-0.2, 0) is 16.0 Å². The molecule has 1 aromatic heterocycles. The van der Waals surface area contributed by atoms with Crippen LogP contribution in [0.3, 0.4) is 0 Å². The number of amides is 1. The normalized spacial score (nSPS) is 10.9. The van der Waals surface area contributed by atoms with Crippen LogP contribution in [0.1, 0.15) is 44.3 Å². The van der Waals surface area contributed by atoms with Crippen LogP contribution in [0.4, 0.5) is 5.69 Å². The number of carbonyl (C=O) groups excluding carboxylic acids is 1. The number of aryl methyl sites for hydroxylation is 1. The molecule has 0 fully saturated rings. The van der Waals surface area contributed by atoms with Gasteiger partial charge in [0.15, 0.2) is 17.3 Å². The fourth-order valence-electron chi connectivity index (χ4n) is 2.33. The molecule has 0 atom stereocenters. The molecule has 148 valence electrons. The van der Waals surface area contributed by atoms with Gasteiger partial charge in [0, 0.05) is 37.6 Å². The summed E-state index contributed by atoms with van der Waals surface area (Å²) in [6.07, 6.45) is 1.55. The number of methoxy groups -OCH3 is 2. The second kappa shape index (κ2) is 10.5. The van der Waals surface area contributed by atoms with E-state index in [1.54, 1.807) is 32.4 Å². The second-order valence-electron chi connectivity index (χ2n) is 6.31. The first-order valence-electron chi connectivity index (χ1n) is 8.95. The molecule has 0 aliphatic rings. The van der Waals surface area contributed by atoms with E-state index in [1.807, 2.05) is 13.8 Å². The van der Waals surface area contributed by atoms with E-state index >= 15 is 0 Å². The maximum Gasteiger partial charge on any atom is 0.226 e. The van der Waals surface area contributed by atoms with Crippen LogP contribution in [0.5, 0.6) is 11.5 Å². The third kappa shape index (κ3) is 6.56. The summed E-state index contributed by atoms with van der Waals surface area (Å²) in [5.41, 5.74) is 0.646. The third-order valence-corrected chi connectivity index (χ3v) is 3.79. The number of carbonyl (C=O) groups is 1. The molecule has 0 unspecified atom stereocenters. The number of hydrogen-bond donors (Lipinski definition) is 1. The van der Waals surface area contributed by atoms with Crippen molar-refractivity contribution in [3.63, 3.8) is 0 Å². The van der Waals surface area contributed by atoms with Crippen LogP contribution in [0.25, 0.3) is 0 Å². The molecule has 0 aliphatic heterocycles. The van der Waals surface area contributed by atoms with Crippen LogP contribution in [0.15, 0.2) is 22.7 Å². The summed E-state index contributed by atoms with van der Waals surface area (Å²) < 4.78 is 21.0. The highest BCUT2D eigenvalue weighted by molar-refractivity contribution is 5.91. The molecular weight excluding hydrogens is 350 g/mol. The van der Waals surface area contributed by atoms with E-state index in [0.717, 1.165) is 0 Å². The van der Waals surface area contributed by atoms with Crippen LogP contribution in [-0.4, -0.2) is 43.5 Å². The molecule has 0 spiro atoms. The maximum absolute atomic E-state index is 12.2. The third-order valence-electron chi connectivity index (χ3n) is 3.79. The van der Waals surface area contributed by atoms with Crippen molar-refractivity contribution in [1.82, 2.24) is 10.1 Å². The predicted molar refractivity (Wildman–Crippen MR) is 100 cm³/mol. The van der Waals surface area contributed by atoms with Gasteiger partial charge in [-0.05, 0) is 18.6 Å². The molecule has 0 bridgehead atoms. The first-order valence-corrected chi connectivity index (χ1v) is 8.95. The molecule has 1 heterocycles. The minimum absolute atomic E-state index is 0.0911. The van der Waals surface area contributed by atoms with Gasteiger partial charge in [-0.15, -0.1) is 0 Å². The lowest BCUT2D eigenvalue weighted by molar-refractivity contribution is -0.116. The Bertz CT molecular complexity index is 730. The molecule has 2 rings (SSSR count). The van der Waals surface area contributed by atoms with Crippen molar-refractivity contribution in [2.75, 3.05) is 32.8 Å². The summed E-state index contributed by atoms with van der Waals surface area (Å²) in [5.74, 6) is 2.53. The molecular formula is C19H27N3O5. The minimum atomic E-state index is -0.0911. The van der Waals surface area contributed by atoms with Gasteiger partial charge in [0.25, 0.3) is 0 Å². The summed E-state index contributed by atoms with van der Waals surface area (Å²) in [7, 11) is 3.17. The highest BCUT2D eigenvalue weighted by Crippen LogP contribution is 2.30. The molecule has 0 aliphatic carbocycles. The highest BCUT2D eigenvalue weighted by atomic mass is 16.5. The number of hydrogen-bond acceptors (Lipinski definition) is 7. The van der Waals surface area contributed by atoms with Gasteiger partial charge in [0.05, 0.1) is 13.7 Å². The Morgan fingerprint density at radius 3 is 2.70 bits per heavy atom. The Balaban J connectivity index is 1.84. The Hall–Kier alpha value is -2.61. The largest absolute Gasteiger partial charge is 0.493 e. The Kier molecular flexibility index (Phi) is 8.06. The van der Waals surface area contributed by atoms with Gasteiger partial charge in [-0.3, -0.25) is 4.79 Å². The van der Waals surface area contributed by atoms with Crippen molar-refractivity contribution < 1.29 is 23.5 Å². The van der Waals surface area contributed by atoms with Gasteiger partial charge >= 0.3 is 0 Å². The SMILES string of the molecule is COCCOc1cc(NC(=O)CCCc2nc(C(C)C)no2)ccc1OC. The van der Waals surface area contributed by atoms with Crippen molar-refractivity contribution in [3.8, 4) is 11.5 Å². The van der Waals surface area contributed by atoms with Crippen LogP contribution >= 0.6 is 0 Å². The molecule has 2 aromatic rings. The second-order valence-corrected chi connectivity index (χ2v) is 6.31. The summed E-state index contributed by atoms with van der Waals surface area (Å²) in [5, 5.41) is 6.78. The van der Waals surface area contributed by atoms with Gasteiger partial charge in [0.2, 0.25) is 11.8 Å². The quantitative estimate of drug-likeness (QED) is 0.601. The zero-order valence-electron chi connectivity index (χ0n) is 16.3. The number of anilines is 1. The van der Waals surface area contributed by atoms with Crippen molar-refractivity contribution in [1.29, 1.82) is 0 Å². The molecule has 27 heavy (non-hydrogen) atoms. The average molecular weight is 377 g/mol. The Morgan fingerprint density at radius 1 is 1.22 bits per heavy atom. The average Bonchev–Trinajstić information content (AvgIpc) is 3.11. The summed E-state index contributed by atoms with van der Waals surface area (Å²) in [6, 6.07) is 5.26. The van der Waals surface area contributed by atoms with Crippen molar-refractivity contribution in [2.24, 2.45) is 0 Å². The van der Waals surface area contributed by atoms with Gasteiger partial charge in [0.1, 0.15) is 6.61 Å². The lowest BCUT2D eigenvalue weighted by Crippen LogP contribution is -2.12. The highest BCUT2D eigenvalue weighted by Gasteiger charge is 2.11. The van der Waals surface area contributed by atoms with E-state index in [2.05, 4.69) is 15.5 Å². The standard InChI is InChI=1S/C19H27N3O5/c1-13(2)19-21-18(27-22-19)7-5-6-17(23)20-14-8-9-15(25-4)16(12-14)26-11-10-24-3/h8-9,12-13H,5-7,10-11H2,1-4H3,(H,20,23). The number of ether oxygens (including phenoxy) is 3. The number of nitrogens with one attached hydrogen (secondary N) is 1. The van der Waals surface area contributed by atoms with Gasteiger partial charge in [-0.25, -0.2) is 0 Å². The molecule has 0 radical (unpaired) electrons. The topological polar surface area (TPSA) is 95.7 Å². The maximum atomic E-state index is 12.2. The van der Waals surface area contributed by atoms with Crippen LogP contribution < -0.4 is 14.8 Å². The summed E-state index contributed by atoms with van der Waals surface area (Å²) in [6.45, 7) is 4.87. The Morgan fingerprint density at radius 2 is 2.04 bits per heavy atom. The van der Waals surface area contributed by atoms with Crippen molar-refractivity contribution >= 4 is 11.6 Å². The Labute approximate surface area is 159 Å². The first kappa shape index (κ1) is 20.7. The van der Waals surface area contributed by atoms with Crippen LogP contribution in [0.2, 0.25) is 0 Å². The monoisotopic (exact) mass is 377 g/mol. The number of nitrogens with zero attached hydrogens (tertiary/aromatic N) is 2. The lowest BCUT2D eigenvalue weighted by atomic mass is 10.2. The summed E-state index contributed by atoms with van der Waals surface area (Å²) >= 11 is 0.